The Morgan fingerprint density at radius 1 is 1.24 bits per heavy atom. The van der Waals surface area contributed by atoms with Gasteiger partial charge in [-0.15, -0.1) is 0 Å². The van der Waals surface area contributed by atoms with Gasteiger partial charge in [0.2, 0.25) is 10.0 Å². The van der Waals surface area contributed by atoms with Gasteiger partial charge in [-0.05, 0) is 73.8 Å². The molecule has 21 heavy (non-hydrogen) atoms. The minimum absolute atomic E-state index is 0.297. The molecule has 0 unspecified atom stereocenters. The summed E-state index contributed by atoms with van der Waals surface area (Å²) in [5, 5.41) is 3.29. The van der Waals surface area contributed by atoms with E-state index in [2.05, 4.69) is 32.9 Å². The van der Waals surface area contributed by atoms with Crippen LogP contribution in [0.5, 0.6) is 0 Å². The molecular formula is C15H25BrN2O2S. The second kappa shape index (κ2) is 7.22. The van der Waals surface area contributed by atoms with E-state index < -0.39 is 15.6 Å². The molecule has 0 aliphatic rings. The van der Waals surface area contributed by atoms with Crippen LogP contribution in [-0.4, -0.2) is 20.5 Å². The van der Waals surface area contributed by atoms with Crippen LogP contribution in [0.4, 0.5) is 0 Å². The standard InChI is InChI=1S/C15H25BrN2O2S/c1-6-7-17-10-12-8-11(2)14(16)13(9-12)21(19,20)18-15(3,4)5/h8-9,17-18H,6-7,10H2,1-5H3. The molecule has 0 saturated heterocycles. The molecule has 0 heterocycles. The largest absolute Gasteiger partial charge is 0.313 e. The van der Waals surface area contributed by atoms with Crippen LogP contribution >= 0.6 is 15.9 Å². The number of benzene rings is 1. The van der Waals surface area contributed by atoms with Crippen molar-refractivity contribution in [1.29, 1.82) is 0 Å². The first-order valence-electron chi connectivity index (χ1n) is 7.10. The summed E-state index contributed by atoms with van der Waals surface area (Å²) in [5.74, 6) is 0. The quantitative estimate of drug-likeness (QED) is 0.748. The fourth-order valence-electron chi connectivity index (χ4n) is 1.97. The van der Waals surface area contributed by atoms with Crippen molar-refractivity contribution >= 4 is 26.0 Å². The SMILES string of the molecule is CCCNCc1cc(C)c(Br)c(S(=O)(=O)NC(C)(C)C)c1. The van der Waals surface area contributed by atoms with Crippen LogP contribution in [0.15, 0.2) is 21.5 Å². The molecule has 1 aromatic carbocycles. The van der Waals surface area contributed by atoms with Crippen LogP contribution in [0.25, 0.3) is 0 Å². The summed E-state index contributed by atoms with van der Waals surface area (Å²) in [6.07, 6.45) is 1.05. The molecule has 1 rings (SSSR count). The van der Waals surface area contributed by atoms with Gasteiger partial charge < -0.3 is 5.32 Å². The number of hydrogen-bond acceptors (Lipinski definition) is 3. The fraction of sp³-hybridized carbons (Fsp3) is 0.600. The average molecular weight is 377 g/mol. The molecule has 0 atom stereocenters. The number of halogens is 1. The molecule has 0 amide bonds. The number of nitrogens with one attached hydrogen (secondary N) is 2. The van der Waals surface area contributed by atoms with Crippen LogP contribution in [-0.2, 0) is 16.6 Å². The molecule has 2 N–H and O–H groups in total. The first-order chi connectivity index (χ1) is 9.57. The Morgan fingerprint density at radius 2 is 1.86 bits per heavy atom. The Bertz CT molecular complexity index is 592. The molecule has 0 aliphatic heterocycles. The zero-order valence-corrected chi connectivity index (χ0v) is 15.8. The van der Waals surface area contributed by atoms with Crippen LogP contribution in [0.1, 0.15) is 45.2 Å². The van der Waals surface area contributed by atoms with E-state index in [1.807, 2.05) is 33.8 Å². The maximum Gasteiger partial charge on any atom is 0.242 e. The Balaban J connectivity index is 3.16. The predicted molar refractivity (Wildman–Crippen MR) is 91.0 cm³/mol. The lowest BCUT2D eigenvalue weighted by molar-refractivity contribution is 0.491. The second-order valence-electron chi connectivity index (χ2n) is 6.26. The molecule has 0 bridgehead atoms. The molecule has 4 nitrogen and oxygen atoms in total. The third kappa shape index (κ3) is 5.70. The van der Waals surface area contributed by atoms with Crippen molar-refractivity contribution in [2.24, 2.45) is 0 Å². The Kier molecular flexibility index (Phi) is 6.40. The monoisotopic (exact) mass is 376 g/mol. The minimum Gasteiger partial charge on any atom is -0.313 e. The van der Waals surface area contributed by atoms with Crippen molar-refractivity contribution < 1.29 is 8.42 Å². The van der Waals surface area contributed by atoms with E-state index in [-0.39, 0.29) is 0 Å². The van der Waals surface area contributed by atoms with Crippen molar-refractivity contribution in [3.63, 3.8) is 0 Å². The second-order valence-corrected chi connectivity index (χ2v) is 8.70. The lowest BCUT2D eigenvalue weighted by Gasteiger charge is -2.21. The topological polar surface area (TPSA) is 58.2 Å². The highest BCUT2D eigenvalue weighted by Gasteiger charge is 2.25. The van der Waals surface area contributed by atoms with Crippen molar-refractivity contribution in [2.75, 3.05) is 6.54 Å². The Labute approximate surface area is 136 Å². The molecular weight excluding hydrogens is 352 g/mol. The van der Waals surface area contributed by atoms with E-state index in [9.17, 15) is 8.42 Å². The number of rotatable bonds is 6. The third-order valence-corrected chi connectivity index (χ3v) is 5.86. The normalized spacial score (nSPS) is 12.7. The van der Waals surface area contributed by atoms with E-state index >= 15 is 0 Å². The van der Waals surface area contributed by atoms with Gasteiger partial charge in [0.1, 0.15) is 0 Å². The van der Waals surface area contributed by atoms with Gasteiger partial charge in [0.05, 0.1) is 4.90 Å². The smallest absolute Gasteiger partial charge is 0.242 e. The van der Waals surface area contributed by atoms with E-state index in [4.69, 9.17) is 0 Å². The molecule has 120 valence electrons. The number of aryl methyl sites for hydroxylation is 1. The van der Waals surface area contributed by atoms with Gasteiger partial charge in [-0.2, -0.15) is 0 Å². The van der Waals surface area contributed by atoms with Crippen LogP contribution in [0, 0.1) is 6.92 Å². The predicted octanol–water partition coefficient (Wildman–Crippen LogP) is 3.33. The van der Waals surface area contributed by atoms with Crippen LogP contribution < -0.4 is 10.0 Å². The van der Waals surface area contributed by atoms with Crippen LogP contribution in [0.2, 0.25) is 0 Å². The van der Waals surface area contributed by atoms with Gasteiger partial charge in [0.25, 0.3) is 0 Å². The summed E-state index contributed by atoms with van der Waals surface area (Å²) in [6.45, 7) is 11.1. The zero-order chi connectivity index (χ0) is 16.3. The summed E-state index contributed by atoms with van der Waals surface area (Å²) in [7, 11) is -3.55. The van der Waals surface area contributed by atoms with E-state index in [0.717, 1.165) is 24.1 Å². The van der Waals surface area contributed by atoms with Crippen molar-refractivity contribution in [3.05, 3.63) is 27.7 Å². The van der Waals surface area contributed by atoms with Crippen molar-refractivity contribution in [1.82, 2.24) is 10.0 Å². The van der Waals surface area contributed by atoms with Crippen molar-refractivity contribution in [2.45, 2.75) is 58.0 Å². The number of sulfonamides is 1. The van der Waals surface area contributed by atoms with E-state index in [1.165, 1.54) is 0 Å². The minimum atomic E-state index is -3.55. The zero-order valence-electron chi connectivity index (χ0n) is 13.4. The molecule has 0 fully saturated rings. The van der Waals surface area contributed by atoms with Gasteiger partial charge in [-0.3, -0.25) is 0 Å². The first kappa shape index (κ1) is 18.6. The summed E-state index contributed by atoms with van der Waals surface area (Å²) in [4.78, 5) is 0.297. The van der Waals surface area contributed by atoms with Gasteiger partial charge in [0, 0.05) is 16.6 Å². The first-order valence-corrected chi connectivity index (χ1v) is 9.38. The third-order valence-electron chi connectivity index (χ3n) is 2.77. The molecule has 0 aromatic heterocycles. The average Bonchev–Trinajstić information content (AvgIpc) is 2.30. The maximum absolute atomic E-state index is 12.5. The molecule has 0 radical (unpaired) electrons. The lowest BCUT2D eigenvalue weighted by Crippen LogP contribution is -2.40. The van der Waals surface area contributed by atoms with Gasteiger partial charge in [-0.1, -0.05) is 13.0 Å². The Morgan fingerprint density at radius 3 is 2.38 bits per heavy atom. The highest BCUT2D eigenvalue weighted by Crippen LogP contribution is 2.28. The highest BCUT2D eigenvalue weighted by atomic mass is 79.9. The molecule has 1 aromatic rings. The van der Waals surface area contributed by atoms with Gasteiger partial charge in [-0.25, -0.2) is 13.1 Å². The van der Waals surface area contributed by atoms with Crippen LogP contribution in [0.3, 0.4) is 0 Å². The summed E-state index contributed by atoms with van der Waals surface area (Å²) < 4.78 is 28.4. The summed E-state index contributed by atoms with van der Waals surface area (Å²) in [5.41, 5.74) is 1.38. The fourth-order valence-corrected chi connectivity index (χ4v) is 4.46. The maximum atomic E-state index is 12.5. The van der Waals surface area contributed by atoms with Gasteiger partial charge >= 0.3 is 0 Å². The Hall–Kier alpha value is -0.430. The molecule has 6 heteroatoms. The van der Waals surface area contributed by atoms with Crippen molar-refractivity contribution in [3.8, 4) is 0 Å². The highest BCUT2D eigenvalue weighted by molar-refractivity contribution is 9.10. The molecule has 0 aliphatic carbocycles. The molecule has 0 saturated carbocycles. The summed E-state index contributed by atoms with van der Waals surface area (Å²) >= 11 is 3.40. The van der Waals surface area contributed by atoms with E-state index in [1.54, 1.807) is 6.07 Å². The van der Waals surface area contributed by atoms with E-state index in [0.29, 0.717) is 15.9 Å². The summed E-state index contributed by atoms with van der Waals surface area (Å²) in [6, 6.07) is 3.73. The van der Waals surface area contributed by atoms with Gasteiger partial charge in [0.15, 0.2) is 0 Å². The lowest BCUT2D eigenvalue weighted by atomic mass is 10.1. The number of hydrogen-bond donors (Lipinski definition) is 2. The molecule has 0 spiro atoms.